The maximum absolute atomic E-state index is 10.3. The lowest BCUT2D eigenvalue weighted by Crippen LogP contribution is -2.23. The van der Waals surface area contributed by atoms with Crippen molar-refractivity contribution in [2.45, 2.75) is 25.2 Å². The zero-order valence-electron chi connectivity index (χ0n) is 11.2. The van der Waals surface area contributed by atoms with Crippen LogP contribution in [0, 0.1) is 0 Å². The van der Waals surface area contributed by atoms with Crippen molar-refractivity contribution in [2.75, 3.05) is 19.6 Å². The topological polar surface area (TPSA) is 93.0 Å². The van der Waals surface area contributed by atoms with Gasteiger partial charge < -0.3 is 20.6 Å². The van der Waals surface area contributed by atoms with Crippen molar-refractivity contribution < 1.29 is 20.1 Å². The van der Waals surface area contributed by atoms with Crippen molar-refractivity contribution in [2.24, 2.45) is 0 Å². The molecule has 1 aromatic rings. The number of aliphatic hydroxyl groups excluding tert-OH is 2. The molecule has 0 aliphatic carbocycles. The number of aliphatic hydroxyl groups is 2. The first-order valence-electron chi connectivity index (χ1n) is 6.67. The van der Waals surface area contributed by atoms with Crippen LogP contribution < -0.4 is 5.32 Å². The molecule has 0 radical (unpaired) electrons. The van der Waals surface area contributed by atoms with E-state index in [0.717, 1.165) is 11.1 Å². The van der Waals surface area contributed by atoms with Crippen LogP contribution in [0.3, 0.4) is 0 Å². The van der Waals surface area contributed by atoms with E-state index in [0.29, 0.717) is 32.6 Å². The van der Waals surface area contributed by atoms with Gasteiger partial charge in [0.15, 0.2) is 0 Å². The average molecular weight is 280 g/mol. The van der Waals surface area contributed by atoms with E-state index in [1.54, 1.807) is 0 Å². The molecule has 1 aliphatic heterocycles. The Morgan fingerprint density at radius 2 is 1.70 bits per heavy atom. The van der Waals surface area contributed by atoms with Gasteiger partial charge in [-0.05, 0) is 17.5 Å². The predicted molar refractivity (Wildman–Crippen MR) is 73.5 cm³/mol. The fourth-order valence-electron chi connectivity index (χ4n) is 2.36. The van der Waals surface area contributed by atoms with Crippen LogP contribution in [0.15, 0.2) is 24.3 Å². The third-order valence-electron chi connectivity index (χ3n) is 3.45. The number of amides is 1. The summed E-state index contributed by atoms with van der Waals surface area (Å²) in [4.78, 5) is 12.3. The molecule has 2 rings (SSSR count). The third-order valence-corrected chi connectivity index (χ3v) is 3.45. The Kier molecular flexibility index (Phi) is 4.94. The number of likely N-dealkylation sites (tertiary alicyclic amines) is 1. The number of β-amino-alcohol motifs (C(OH)–C–C–N with tert-alkyl or cyclic N) is 2. The summed E-state index contributed by atoms with van der Waals surface area (Å²) in [6, 6.07) is 7.93. The van der Waals surface area contributed by atoms with Crippen molar-refractivity contribution >= 4 is 6.09 Å². The highest BCUT2D eigenvalue weighted by atomic mass is 16.4. The molecular formula is C14H20N2O4. The second kappa shape index (κ2) is 6.69. The number of rotatable bonds is 5. The molecule has 1 heterocycles. The predicted octanol–water partition coefficient (Wildman–Crippen LogP) is 0.0341. The van der Waals surface area contributed by atoms with E-state index in [9.17, 15) is 15.0 Å². The number of carboxylic acid groups (broad SMARTS) is 1. The molecule has 1 amide bonds. The number of carbonyl (C=O) groups is 1. The molecule has 0 bridgehead atoms. The van der Waals surface area contributed by atoms with Crippen LogP contribution >= 0.6 is 0 Å². The van der Waals surface area contributed by atoms with Crippen LogP contribution in [0.2, 0.25) is 0 Å². The first kappa shape index (κ1) is 14.8. The summed E-state index contributed by atoms with van der Waals surface area (Å²) in [6.45, 7) is 2.08. The van der Waals surface area contributed by atoms with Crippen LogP contribution in [0.1, 0.15) is 11.1 Å². The van der Waals surface area contributed by atoms with Crippen molar-refractivity contribution in [3.63, 3.8) is 0 Å². The number of hydrogen-bond donors (Lipinski definition) is 4. The first-order valence-corrected chi connectivity index (χ1v) is 6.67. The van der Waals surface area contributed by atoms with Crippen LogP contribution in [0.25, 0.3) is 0 Å². The van der Waals surface area contributed by atoms with E-state index in [2.05, 4.69) is 5.32 Å². The monoisotopic (exact) mass is 280 g/mol. The average Bonchev–Trinajstić information content (AvgIpc) is 2.70. The summed E-state index contributed by atoms with van der Waals surface area (Å²) in [5.41, 5.74) is 2.19. The molecule has 2 unspecified atom stereocenters. The quantitative estimate of drug-likeness (QED) is 0.611. The molecule has 0 saturated carbocycles. The fourth-order valence-corrected chi connectivity index (χ4v) is 2.36. The van der Waals surface area contributed by atoms with Gasteiger partial charge in [-0.2, -0.15) is 0 Å². The van der Waals surface area contributed by atoms with Gasteiger partial charge in [0.1, 0.15) is 0 Å². The number of nitrogens with zero attached hydrogens (tertiary/aromatic N) is 1. The van der Waals surface area contributed by atoms with E-state index in [4.69, 9.17) is 5.11 Å². The minimum absolute atomic E-state index is 0.402. The molecule has 6 heteroatoms. The summed E-state index contributed by atoms with van der Waals surface area (Å²) in [7, 11) is 0. The molecule has 110 valence electrons. The van der Waals surface area contributed by atoms with Gasteiger partial charge in [0.2, 0.25) is 0 Å². The molecule has 1 saturated heterocycles. The lowest BCUT2D eigenvalue weighted by molar-refractivity contribution is 0.0572. The normalized spacial score (nSPS) is 22.9. The molecule has 1 aliphatic rings. The van der Waals surface area contributed by atoms with Crippen molar-refractivity contribution in [3.05, 3.63) is 35.4 Å². The minimum Gasteiger partial charge on any atom is -0.465 e. The maximum Gasteiger partial charge on any atom is 0.404 e. The number of benzene rings is 1. The largest absolute Gasteiger partial charge is 0.465 e. The van der Waals surface area contributed by atoms with E-state index in [1.807, 2.05) is 29.2 Å². The van der Waals surface area contributed by atoms with Gasteiger partial charge in [-0.15, -0.1) is 0 Å². The lowest BCUT2D eigenvalue weighted by Gasteiger charge is -2.14. The summed E-state index contributed by atoms with van der Waals surface area (Å²) < 4.78 is 0. The van der Waals surface area contributed by atoms with E-state index in [1.165, 1.54) is 0 Å². The zero-order valence-corrected chi connectivity index (χ0v) is 11.2. The molecule has 0 aromatic heterocycles. The van der Waals surface area contributed by atoms with Crippen molar-refractivity contribution in [3.8, 4) is 0 Å². The Morgan fingerprint density at radius 3 is 2.25 bits per heavy atom. The van der Waals surface area contributed by atoms with Crippen molar-refractivity contribution in [1.82, 2.24) is 10.2 Å². The Morgan fingerprint density at radius 1 is 1.15 bits per heavy atom. The molecule has 1 aromatic carbocycles. The molecule has 20 heavy (non-hydrogen) atoms. The molecule has 1 fully saturated rings. The fraction of sp³-hybridized carbons (Fsp3) is 0.500. The van der Waals surface area contributed by atoms with Gasteiger partial charge >= 0.3 is 6.09 Å². The lowest BCUT2D eigenvalue weighted by atomic mass is 10.1. The van der Waals surface area contributed by atoms with Gasteiger partial charge in [-0.1, -0.05) is 24.3 Å². The van der Waals surface area contributed by atoms with E-state index >= 15 is 0 Å². The minimum atomic E-state index is -1.01. The van der Waals surface area contributed by atoms with Crippen LogP contribution in [0.4, 0.5) is 4.79 Å². The SMILES string of the molecule is O=C(O)NCCc1ccc(CN2CC(O)C(O)C2)cc1. The summed E-state index contributed by atoms with van der Waals surface area (Å²) in [5.74, 6) is 0. The van der Waals surface area contributed by atoms with E-state index < -0.39 is 18.3 Å². The van der Waals surface area contributed by atoms with Crippen LogP contribution in [0.5, 0.6) is 0 Å². The highest BCUT2D eigenvalue weighted by molar-refractivity contribution is 5.64. The Hall–Kier alpha value is -1.63. The molecule has 0 spiro atoms. The Bertz CT molecular complexity index is 439. The Balaban J connectivity index is 1.81. The highest BCUT2D eigenvalue weighted by Crippen LogP contribution is 2.14. The summed E-state index contributed by atoms with van der Waals surface area (Å²) >= 11 is 0. The van der Waals surface area contributed by atoms with Gasteiger partial charge in [0.05, 0.1) is 12.2 Å². The van der Waals surface area contributed by atoms with Crippen molar-refractivity contribution in [1.29, 1.82) is 0 Å². The number of nitrogens with one attached hydrogen (secondary N) is 1. The molecule has 6 nitrogen and oxygen atoms in total. The van der Waals surface area contributed by atoms with Crippen LogP contribution in [-0.2, 0) is 13.0 Å². The van der Waals surface area contributed by atoms with Gasteiger partial charge in [-0.25, -0.2) is 4.79 Å². The summed E-state index contributed by atoms with van der Waals surface area (Å²) in [6.07, 6.45) is -1.66. The molecular weight excluding hydrogens is 260 g/mol. The number of hydrogen-bond acceptors (Lipinski definition) is 4. The first-order chi connectivity index (χ1) is 9.54. The third kappa shape index (κ3) is 4.19. The van der Waals surface area contributed by atoms with Crippen LogP contribution in [-0.4, -0.2) is 58.2 Å². The second-order valence-corrected chi connectivity index (χ2v) is 5.13. The highest BCUT2D eigenvalue weighted by Gasteiger charge is 2.29. The smallest absolute Gasteiger partial charge is 0.404 e. The van der Waals surface area contributed by atoms with Gasteiger partial charge in [-0.3, -0.25) is 4.90 Å². The zero-order chi connectivity index (χ0) is 14.5. The summed E-state index contributed by atoms with van der Waals surface area (Å²) in [5, 5.41) is 29.8. The van der Waals surface area contributed by atoms with E-state index in [-0.39, 0.29) is 0 Å². The van der Waals surface area contributed by atoms with Gasteiger partial charge in [0, 0.05) is 26.2 Å². The standard InChI is InChI=1S/C14H20N2O4/c17-12-8-16(9-13(12)18)7-11-3-1-10(2-4-11)5-6-15-14(19)20/h1-4,12-13,15,17-18H,5-9H2,(H,19,20). The second-order valence-electron chi connectivity index (χ2n) is 5.13. The molecule has 4 N–H and O–H groups in total. The molecule has 2 atom stereocenters. The Labute approximate surface area is 117 Å². The van der Waals surface area contributed by atoms with Gasteiger partial charge in [0.25, 0.3) is 0 Å². The maximum atomic E-state index is 10.3.